The fourth-order valence-corrected chi connectivity index (χ4v) is 2.94. The molecule has 1 aliphatic heterocycles. The van der Waals surface area contributed by atoms with Crippen LogP contribution in [0.3, 0.4) is 0 Å². The van der Waals surface area contributed by atoms with Crippen LogP contribution in [0.25, 0.3) is 11.0 Å². The van der Waals surface area contributed by atoms with Crippen LogP contribution in [-0.4, -0.2) is 28.3 Å². The molecule has 0 N–H and O–H groups in total. The first kappa shape index (κ1) is 9.72. The van der Waals surface area contributed by atoms with Crippen LogP contribution in [0.4, 0.5) is 0 Å². The predicted molar refractivity (Wildman–Crippen MR) is 62.4 cm³/mol. The third kappa shape index (κ3) is 1.18. The van der Waals surface area contributed by atoms with Gasteiger partial charge in [-0.25, -0.2) is 4.98 Å². The minimum absolute atomic E-state index is 0.0997. The molecule has 0 bridgehead atoms. The van der Waals surface area contributed by atoms with Gasteiger partial charge in [-0.3, -0.25) is 9.36 Å². The molecule has 2 heterocycles. The molecular weight excluding hydrogens is 224 g/mol. The Morgan fingerprint density at radius 2 is 2.31 bits per heavy atom. The Balaban J connectivity index is 2.43. The second-order valence-electron chi connectivity index (χ2n) is 3.67. The van der Waals surface area contributed by atoms with Crippen molar-refractivity contribution >= 4 is 28.7 Å². The molecule has 1 aromatic heterocycles. The molecule has 0 unspecified atom stereocenters. The topological polar surface area (TPSA) is 44.1 Å². The summed E-state index contributed by atoms with van der Waals surface area (Å²) in [6.45, 7) is 1.85. The number of rotatable bonds is 1. The Bertz CT molecular complexity index is 604. The third-order valence-corrected chi connectivity index (χ3v) is 3.71. The average molecular weight is 234 g/mol. The summed E-state index contributed by atoms with van der Waals surface area (Å²) in [5.74, 6) is 2.10. The number of methoxy groups -OCH3 is 1. The fourth-order valence-electron chi connectivity index (χ4n) is 2.00. The molecular formula is C11H10N2O2S. The number of hydrogen-bond acceptors (Lipinski definition) is 4. The number of carbonyl (C=O) groups excluding carboxylic acids is 1. The van der Waals surface area contributed by atoms with Crippen LogP contribution in [0.1, 0.15) is 10.6 Å². The molecule has 0 saturated carbocycles. The first-order valence-corrected chi connectivity index (χ1v) is 5.92. The molecule has 2 aromatic rings. The summed E-state index contributed by atoms with van der Waals surface area (Å²) in [7, 11) is 1.64. The monoisotopic (exact) mass is 234 g/mol. The van der Waals surface area contributed by atoms with Gasteiger partial charge in [-0.1, -0.05) is 0 Å². The van der Waals surface area contributed by atoms with Gasteiger partial charge < -0.3 is 4.74 Å². The lowest BCUT2D eigenvalue weighted by atomic mass is 10.3. The van der Waals surface area contributed by atoms with Crippen LogP contribution in [0.15, 0.2) is 17.0 Å². The van der Waals surface area contributed by atoms with Crippen LogP contribution in [0.2, 0.25) is 0 Å². The summed E-state index contributed by atoms with van der Waals surface area (Å²) in [5.41, 5.74) is 1.74. The van der Waals surface area contributed by atoms with E-state index in [9.17, 15) is 4.79 Å². The van der Waals surface area contributed by atoms with E-state index in [0.29, 0.717) is 5.75 Å². The molecule has 82 valence electrons. The Hall–Kier alpha value is -1.49. The summed E-state index contributed by atoms with van der Waals surface area (Å²) in [4.78, 5) is 17.2. The summed E-state index contributed by atoms with van der Waals surface area (Å²) >= 11 is 1.54. The number of benzene rings is 1. The lowest BCUT2D eigenvalue weighted by Gasteiger charge is -2.14. The van der Waals surface area contributed by atoms with Crippen molar-refractivity contribution in [3.05, 3.63) is 18.0 Å². The van der Waals surface area contributed by atoms with Gasteiger partial charge in [-0.05, 0) is 13.0 Å². The van der Waals surface area contributed by atoms with E-state index in [0.717, 1.165) is 27.5 Å². The number of imidazole rings is 1. The van der Waals surface area contributed by atoms with Gasteiger partial charge in [0.2, 0.25) is 5.91 Å². The van der Waals surface area contributed by atoms with Gasteiger partial charge in [0.1, 0.15) is 11.6 Å². The average Bonchev–Trinajstić information content (AvgIpc) is 2.61. The van der Waals surface area contributed by atoms with Gasteiger partial charge >= 0.3 is 0 Å². The van der Waals surface area contributed by atoms with Crippen molar-refractivity contribution < 1.29 is 9.53 Å². The van der Waals surface area contributed by atoms with Crippen LogP contribution in [0.5, 0.6) is 5.75 Å². The van der Waals surface area contributed by atoms with E-state index >= 15 is 0 Å². The molecule has 0 fully saturated rings. The highest BCUT2D eigenvalue weighted by Gasteiger charge is 2.23. The van der Waals surface area contributed by atoms with Gasteiger partial charge in [-0.15, -0.1) is 11.8 Å². The molecule has 0 spiro atoms. The van der Waals surface area contributed by atoms with Gasteiger partial charge in [0.15, 0.2) is 0 Å². The Kier molecular flexibility index (Phi) is 1.97. The van der Waals surface area contributed by atoms with Crippen molar-refractivity contribution in [1.82, 2.24) is 9.55 Å². The lowest BCUT2D eigenvalue weighted by molar-refractivity contribution is 0.0942. The van der Waals surface area contributed by atoms with Crippen molar-refractivity contribution in [2.45, 2.75) is 11.8 Å². The van der Waals surface area contributed by atoms with Crippen molar-refractivity contribution in [1.29, 1.82) is 0 Å². The molecule has 3 rings (SSSR count). The molecule has 1 aliphatic rings. The summed E-state index contributed by atoms with van der Waals surface area (Å²) in [5, 5.41) is 0. The van der Waals surface area contributed by atoms with Crippen LogP contribution < -0.4 is 4.74 Å². The lowest BCUT2D eigenvalue weighted by Crippen LogP contribution is -2.18. The Morgan fingerprint density at radius 1 is 1.50 bits per heavy atom. The molecule has 4 nitrogen and oxygen atoms in total. The van der Waals surface area contributed by atoms with E-state index < -0.39 is 0 Å². The minimum atomic E-state index is 0.0997. The molecule has 0 amide bonds. The maximum Gasteiger partial charge on any atom is 0.242 e. The number of aryl methyl sites for hydroxylation is 1. The Labute approximate surface area is 96.6 Å². The summed E-state index contributed by atoms with van der Waals surface area (Å²) in [6, 6.07) is 3.82. The highest BCUT2D eigenvalue weighted by molar-refractivity contribution is 8.00. The molecule has 5 heteroatoms. The van der Waals surface area contributed by atoms with E-state index in [2.05, 4.69) is 4.98 Å². The van der Waals surface area contributed by atoms with Gasteiger partial charge in [0.05, 0.1) is 23.9 Å². The number of ether oxygens (including phenoxy) is 1. The van der Waals surface area contributed by atoms with E-state index in [4.69, 9.17) is 4.74 Å². The maximum absolute atomic E-state index is 11.8. The van der Waals surface area contributed by atoms with Crippen LogP contribution in [0, 0.1) is 6.92 Å². The summed E-state index contributed by atoms with van der Waals surface area (Å²) in [6.07, 6.45) is 0. The van der Waals surface area contributed by atoms with E-state index in [-0.39, 0.29) is 5.91 Å². The minimum Gasteiger partial charge on any atom is -0.497 e. The second kappa shape index (κ2) is 3.25. The first-order chi connectivity index (χ1) is 7.70. The molecule has 0 aliphatic carbocycles. The SMILES string of the molecule is COc1cc2c3c(c1)nc(C)n3C(=O)CS2. The highest BCUT2D eigenvalue weighted by atomic mass is 32.2. The molecule has 16 heavy (non-hydrogen) atoms. The number of carbonyl (C=O) groups is 1. The molecule has 0 saturated heterocycles. The van der Waals surface area contributed by atoms with Crippen molar-refractivity contribution in [2.24, 2.45) is 0 Å². The number of thioether (sulfide) groups is 1. The van der Waals surface area contributed by atoms with E-state index in [1.165, 1.54) is 0 Å². The fraction of sp³-hybridized carbons (Fsp3) is 0.273. The zero-order valence-electron chi connectivity index (χ0n) is 8.98. The summed E-state index contributed by atoms with van der Waals surface area (Å²) < 4.78 is 6.91. The first-order valence-electron chi connectivity index (χ1n) is 4.94. The number of aromatic nitrogens is 2. The van der Waals surface area contributed by atoms with Crippen molar-refractivity contribution in [3.8, 4) is 5.75 Å². The number of nitrogens with zero attached hydrogens (tertiary/aromatic N) is 2. The predicted octanol–water partition coefficient (Wildman–Crippen LogP) is 2.10. The maximum atomic E-state index is 11.8. The highest BCUT2D eigenvalue weighted by Crippen LogP contribution is 2.36. The van der Waals surface area contributed by atoms with E-state index in [1.54, 1.807) is 23.4 Å². The Morgan fingerprint density at radius 3 is 3.06 bits per heavy atom. The van der Waals surface area contributed by atoms with Crippen LogP contribution in [-0.2, 0) is 0 Å². The quantitative estimate of drug-likeness (QED) is 0.758. The van der Waals surface area contributed by atoms with Gasteiger partial charge in [0, 0.05) is 11.0 Å². The smallest absolute Gasteiger partial charge is 0.242 e. The zero-order chi connectivity index (χ0) is 11.3. The molecule has 0 atom stereocenters. The van der Waals surface area contributed by atoms with Gasteiger partial charge in [0.25, 0.3) is 0 Å². The molecule has 1 aromatic carbocycles. The largest absolute Gasteiger partial charge is 0.497 e. The van der Waals surface area contributed by atoms with Crippen molar-refractivity contribution in [2.75, 3.05) is 12.9 Å². The number of hydrogen-bond donors (Lipinski definition) is 0. The standard InChI is InChI=1S/C11H10N2O2S/c1-6-12-8-3-7(15-2)4-9-11(8)13(6)10(14)5-16-9/h3-4H,5H2,1-2H3. The third-order valence-electron chi connectivity index (χ3n) is 2.69. The normalized spacial score (nSPS) is 14.5. The zero-order valence-corrected chi connectivity index (χ0v) is 9.80. The van der Waals surface area contributed by atoms with Gasteiger partial charge in [-0.2, -0.15) is 0 Å². The second-order valence-corrected chi connectivity index (χ2v) is 4.69. The van der Waals surface area contributed by atoms with Crippen LogP contribution >= 0.6 is 11.8 Å². The van der Waals surface area contributed by atoms with Crippen molar-refractivity contribution in [3.63, 3.8) is 0 Å². The molecule has 0 radical (unpaired) electrons. The van der Waals surface area contributed by atoms with E-state index in [1.807, 2.05) is 19.1 Å².